The maximum Gasteiger partial charge on any atom is 0.265 e. The average Bonchev–Trinajstić information content (AvgIpc) is 3.37. The summed E-state index contributed by atoms with van der Waals surface area (Å²) >= 11 is 6.68. The van der Waals surface area contributed by atoms with Crippen LogP contribution in [0.1, 0.15) is 25.3 Å². The Hall–Kier alpha value is -2.84. The number of allylic oxidation sites excluding steroid dienone is 2. The lowest BCUT2D eigenvalue weighted by atomic mass is 9.82. The van der Waals surface area contributed by atoms with Gasteiger partial charge in [-0.25, -0.2) is 9.37 Å². The molecule has 2 aliphatic heterocycles. The molecule has 2 fully saturated rings. The van der Waals surface area contributed by atoms with Gasteiger partial charge in [-0.1, -0.05) is 12.1 Å². The zero-order chi connectivity index (χ0) is 23.9. The molecule has 1 aliphatic carbocycles. The largest absolute Gasteiger partial charge is 0.477 e. The number of hydrogen-bond acceptors (Lipinski definition) is 5. The van der Waals surface area contributed by atoms with Gasteiger partial charge in [-0.3, -0.25) is 4.79 Å². The molecule has 180 valence electrons. The first kappa shape index (κ1) is 22.9. The molecule has 0 spiro atoms. The van der Waals surface area contributed by atoms with E-state index in [-0.39, 0.29) is 17.1 Å². The molecular weight excluding hydrogens is 457 g/mol. The molecule has 1 aromatic heterocycles. The number of aromatic nitrogens is 2. The third kappa shape index (κ3) is 4.32. The summed E-state index contributed by atoms with van der Waals surface area (Å²) in [7, 11) is 0. The van der Waals surface area contributed by atoms with Crippen molar-refractivity contribution in [2.75, 3.05) is 19.6 Å². The number of rotatable bonds is 4. The van der Waals surface area contributed by atoms with E-state index in [0.717, 1.165) is 11.3 Å². The molecule has 3 N–H and O–H groups in total. The van der Waals surface area contributed by atoms with Crippen LogP contribution in [-0.2, 0) is 21.5 Å². The Morgan fingerprint density at radius 3 is 2.74 bits per heavy atom. The van der Waals surface area contributed by atoms with Crippen molar-refractivity contribution in [2.45, 2.75) is 48.7 Å². The van der Waals surface area contributed by atoms with Crippen LogP contribution in [0.25, 0.3) is 0 Å². The lowest BCUT2D eigenvalue weighted by Crippen LogP contribution is -2.56. The number of nitrogens with one attached hydrogen (secondary N) is 1. The highest BCUT2D eigenvalue weighted by Gasteiger charge is 2.41. The molecule has 3 unspecified atom stereocenters. The van der Waals surface area contributed by atoms with Crippen molar-refractivity contribution in [3.8, 4) is 0 Å². The average molecular weight is 486 g/mol. The minimum Gasteiger partial charge on any atom is -0.477 e. The second-order valence-corrected chi connectivity index (χ2v) is 10.1. The topological polar surface area (TPSA) is 85.4 Å². The van der Waals surface area contributed by atoms with E-state index in [2.05, 4.69) is 10.3 Å². The molecular formula is C25H29ClFN5O2. The zero-order valence-corrected chi connectivity index (χ0v) is 19.8. The van der Waals surface area contributed by atoms with Gasteiger partial charge in [0.15, 0.2) is 6.10 Å². The van der Waals surface area contributed by atoms with Crippen LogP contribution in [0.15, 0.2) is 66.6 Å². The van der Waals surface area contributed by atoms with Crippen LogP contribution < -0.4 is 11.1 Å². The zero-order valence-electron chi connectivity index (χ0n) is 19.1. The van der Waals surface area contributed by atoms with Crippen molar-refractivity contribution in [1.82, 2.24) is 19.8 Å². The molecule has 3 aliphatic rings. The number of amides is 1. The smallest absolute Gasteiger partial charge is 0.265 e. The van der Waals surface area contributed by atoms with Crippen LogP contribution in [0.2, 0.25) is 0 Å². The summed E-state index contributed by atoms with van der Waals surface area (Å²) in [4.78, 5) is 19.2. The molecule has 7 nitrogen and oxygen atoms in total. The summed E-state index contributed by atoms with van der Waals surface area (Å²) < 4.78 is 21.3. The van der Waals surface area contributed by atoms with Crippen molar-refractivity contribution in [2.24, 2.45) is 5.73 Å². The lowest BCUT2D eigenvalue weighted by molar-refractivity contribution is -0.143. The number of imidazole rings is 1. The van der Waals surface area contributed by atoms with Gasteiger partial charge in [0, 0.05) is 31.0 Å². The molecule has 34 heavy (non-hydrogen) atoms. The number of carbonyl (C=O) groups is 1. The van der Waals surface area contributed by atoms with Gasteiger partial charge < -0.3 is 25.3 Å². The Labute approximate surface area is 203 Å². The van der Waals surface area contributed by atoms with Gasteiger partial charge in [0.1, 0.15) is 11.6 Å². The predicted molar refractivity (Wildman–Crippen MR) is 127 cm³/mol. The molecule has 0 saturated carbocycles. The Morgan fingerprint density at radius 1 is 1.32 bits per heavy atom. The quantitative estimate of drug-likeness (QED) is 0.650. The van der Waals surface area contributed by atoms with E-state index in [1.807, 2.05) is 34.7 Å². The number of halogens is 2. The number of ether oxygens (including phenoxy) is 1. The maximum atomic E-state index is 13.3. The van der Waals surface area contributed by atoms with Crippen molar-refractivity contribution >= 4 is 17.5 Å². The first-order valence-corrected chi connectivity index (χ1v) is 12.0. The second kappa shape index (κ2) is 8.74. The summed E-state index contributed by atoms with van der Waals surface area (Å²) in [5.41, 5.74) is 7.47. The third-order valence-electron chi connectivity index (χ3n) is 7.18. The number of piperidine rings is 1. The van der Waals surface area contributed by atoms with Gasteiger partial charge in [0.25, 0.3) is 5.91 Å². The molecule has 1 aromatic carbocycles. The SMILES string of the molecule is CC1(n2ccnc2)C=C2OC(C(=O)N3CCC(N)(Cc4ccc(F)cc4)CC3)CNC2=CC1Cl. The summed E-state index contributed by atoms with van der Waals surface area (Å²) in [5.74, 6) is 0.321. The minimum absolute atomic E-state index is 0.0476. The predicted octanol–water partition coefficient (Wildman–Crippen LogP) is 2.68. The van der Waals surface area contributed by atoms with Gasteiger partial charge in [0.05, 0.1) is 29.5 Å². The minimum atomic E-state index is -0.621. The summed E-state index contributed by atoms with van der Waals surface area (Å²) in [6.07, 6.45) is 10.6. The summed E-state index contributed by atoms with van der Waals surface area (Å²) in [5, 5.41) is 3.01. The normalized spacial score (nSPS) is 28.2. The van der Waals surface area contributed by atoms with Crippen molar-refractivity contribution in [3.63, 3.8) is 0 Å². The van der Waals surface area contributed by atoms with Gasteiger partial charge in [-0.2, -0.15) is 0 Å². The number of benzene rings is 1. The highest BCUT2D eigenvalue weighted by atomic mass is 35.5. The Kier molecular flexibility index (Phi) is 5.90. The fraction of sp³-hybridized carbons (Fsp3) is 0.440. The van der Waals surface area contributed by atoms with Crippen molar-refractivity contribution in [1.29, 1.82) is 0 Å². The van der Waals surface area contributed by atoms with Gasteiger partial charge in [-0.15, -0.1) is 11.6 Å². The Balaban J connectivity index is 1.23. The fourth-order valence-corrected chi connectivity index (χ4v) is 5.22. The summed E-state index contributed by atoms with van der Waals surface area (Å²) in [6, 6.07) is 6.46. The molecule has 1 amide bonds. The molecule has 3 heterocycles. The highest BCUT2D eigenvalue weighted by Crippen LogP contribution is 2.37. The molecule has 5 rings (SSSR count). The van der Waals surface area contributed by atoms with Crippen LogP contribution in [0.3, 0.4) is 0 Å². The van der Waals surface area contributed by atoms with E-state index in [0.29, 0.717) is 44.7 Å². The molecule has 3 atom stereocenters. The number of alkyl halides is 1. The van der Waals surface area contributed by atoms with Gasteiger partial charge in [-0.05, 0) is 56.0 Å². The summed E-state index contributed by atoms with van der Waals surface area (Å²) in [6.45, 7) is 3.52. The molecule has 0 bridgehead atoms. The number of nitrogens with zero attached hydrogens (tertiary/aromatic N) is 3. The standard InChI is InChI=1S/C25H29ClFN5O2/c1-24(32-11-8-29-16-32)14-20-19(12-22(24)26)30-15-21(34-20)23(33)31-9-6-25(28,7-10-31)13-17-2-4-18(27)5-3-17/h2-5,8,11-12,14,16,21-22,30H,6-7,9-10,13,15,28H2,1H3. The second-order valence-electron chi connectivity index (χ2n) is 9.66. The van der Waals surface area contributed by atoms with Crippen LogP contribution >= 0.6 is 11.6 Å². The number of nitrogens with two attached hydrogens (primary N) is 1. The van der Waals surface area contributed by atoms with Crippen LogP contribution in [0.4, 0.5) is 4.39 Å². The Morgan fingerprint density at radius 2 is 2.06 bits per heavy atom. The number of carbonyl (C=O) groups excluding carboxylic acids is 1. The fourth-order valence-electron chi connectivity index (χ4n) is 4.92. The molecule has 9 heteroatoms. The number of morpholine rings is 1. The van der Waals surface area contributed by atoms with E-state index in [9.17, 15) is 9.18 Å². The highest BCUT2D eigenvalue weighted by molar-refractivity contribution is 6.22. The van der Waals surface area contributed by atoms with Crippen LogP contribution in [-0.4, -0.2) is 57.0 Å². The van der Waals surface area contributed by atoms with E-state index < -0.39 is 17.2 Å². The maximum absolute atomic E-state index is 13.3. The third-order valence-corrected chi connectivity index (χ3v) is 7.75. The van der Waals surface area contributed by atoms with Gasteiger partial charge in [0.2, 0.25) is 0 Å². The Bertz CT molecular complexity index is 1110. The lowest BCUT2D eigenvalue weighted by Gasteiger charge is -2.42. The molecule has 2 aromatic rings. The molecule has 2 saturated heterocycles. The molecule has 0 radical (unpaired) electrons. The van der Waals surface area contributed by atoms with E-state index in [4.69, 9.17) is 22.1 Å². The first-order valence-electron chi connectivity index (χ1n) is 11.6. The number of hydrogen-bond donors (Lipinski definition) is 2. The van der Waals surface area contributed by atoms with E-state index in [1.54, 1.807) is 24.7 Å². The first-order chi connectivity index (χ1) is 16.3. The number of likely N-dealkylation sites (tertiary alicyclic amines) is 1. The van der Waals surface area contributed by atoms with Gasteiger partial charge >= 0.3 is 0 Å². The van der Waals surface area contributed by atoms with Crippen LogP contribution in [0, 0.1) is 5.82 Å². The number of fused-ring (bicyclic) bond motifs is 1. The van der Waals surface area contributed by atoms with Crippen molar-refractivity contribution < 1.29 is 13.9 Å². The van der Waals surface area contributed by atoms with Crippen molar-refractivity contribution in [3.05, 3.63) is 78.0 Å². The van der Waals surface area contributed by atoms with E-state index in [1.165, 1.54) is 12.1 Å². The monoisotopic (exact) mass is 485 g/mol. The van der Waals surface area contributed by atoms with Crippen LogP contribution in [0.5, 0.6) is 0 Å². The van der Waals surface area contributed by atoms with E-state index >= 15 is 0 Å².